The normalized spacial score (nSPS) is 10.6. The van der Waals surface area contributed by atoms with E-state index in [-0.39, 0.29) is 10.4 Å². The van der Waals surface area contributed by atoms with Crippen LogP contribution in [-0.4, -0.2) is 32.6 Å². The largest absolute Gasteiger partial charge is 0.497 e. The summed E-state index contributed by atoms with van der Waals surface area (Å²) in [6.45, 7) is -0.424. The Balaban J connectivity index is 1.77. The summed E-state index contributed by atoms with van der Waals surface area (Å²) >= 11 is 7.49. The van der Waals surface area contributed by atoms with Crippen LogP contribution in [0.3, 0.4) is 0 Å². The average molecular weight is 391 g/mol. The number of carbonyl (C=O) groups is 2. The third-order valence-electron chi connectivity index (χ3n) is 3.76. The molecule has 2 aromatic carbocycles. The molecule has 1 aromatic heterocycles. The molecule has 0 bridgehead atoms. The Morgan fingerprint density at radius 2 is 1.85 bits per heavy atom. The number of ether oxygens (including phenoxy) is 3. The fourth-order valence-electron chi connectivity index (χ4n) is 2.45. The minimum absolute atomic E-state index is 0.276. The molecule has 26 heavy (non-hydrogen) atoms. The number of hydrogen-bond acceptors (Lipinski definition) is 6. The SMILES string of the molecule is COc1ccc(OC)c(C(=O)COC(=O)c2sc3ccccc3c2Cl)c1. The van der Waals surface area contributed by atoms with E-state index in [4.69, 9.17) is 25.8 Å². The van der Waals surface area contributed by atoms with E-state index in [9.17, 15) is 9.59 Å². The lowest BCUT2D eigenvalue weighted by molar-refractivity contribution is 0.0479. The first-order valence-corrected chi connectivity index (χ1v) is 8.84. The highest BCUT2D eigenvalue weighted by atomic mass is 35.5. The van der Waals surface area contributed by atoms with E-state index < -0.39 is 18.4 Å². The molecule has 0 radical (unpaired) electrons. The summed E-state index contributed by atoms with van der Waals surface area (Å²) in [4.78, 5) is 25.1. The Morgan fingerprint density at radius 3 is 2.54 bits per heavy atom. The van der Waals surface area contributed by atoms with Gasteiger partial charge in [0.15, 0.2) is 6.61 Å². The maximum absolute atomic E-state index is 12.4. The molecule has 0 aliphatic rings. The van der Waals surface area contributed by atoms with Crippen molar-refractivity contribution in [1.29, 1.82) is 0 Å². The summed E-state index contributed by atoms with van der Waals surface area (Å²) in [7, 11) is 2.96. The van der Waals surface area contributed by atoms with Gasteiger partial charge in [0.05, 0.1) is 24.8 Å². The summed E-state index contributed by atoms with van der Waals surface area (Å²) in [6, 6.07) is 12.3. The topological polar surface area (TPSA) is 61.8 Å². The zero-order chi connectivity index (χ0) is 18.7. The molecule has 1 heterocycles. The number of thiophene rings is 1. The molecule has 3 aromatic rings. The van der Waals surface area contributed by atoms with Crippen molar-refractivity contribution >= 4 is 44.8 Å². The minimum atomic E-state index is -0.633. The van der Waals surface area contributed by atoms with Gasteiger partial charge in [0.25, 0.3) is 0 Å². The molecule has 0 unspecified atom stereocenters. The van der Waals surface area contributed by atoms with E-state index >= 15 is 0 Å². The predicted octanol–water partition coefficient (Wildman–Crippen LogP) is 4.61. The summed E-state index contributed by atoms with van der Waals surface area (Å²) < 4.78 is 16.3. The monoisotopic (exact) mass is 390 g/mol. The van der Waals surface area contributed by atoms with Crippen LogP contribution >= 0.6 is 22.9 Å². The number of rotatable bonds is 6. The second-order valence-electron chi connectivity index (χ2n) is 5.31. The van der Waals surface area contributed by atoms with Crippen molar-refractivity contribution in [2.24, 2.45) is 0 Å². The van der Waals surface area contributed by atoms with Gasteiger partial charge in [-0.2, -0.15) is 0 Å². The second-order valence-corrected chi connectivity index (χ2v) is 6.74. The molecule has 134 valence electrons. The van der Waals surface area contributed by atoms with Crippen molar-refractivity contribution in [3.63, 3.8) is 0 Å². The molecule has 0 N–H and O–H groups in total. The number of Topliss-reactive ketones (excluding diaryl/α,β-unsaturated/α-hetero) is 1. The maximum atomic E-state index is 12.4. The molecular formula is C19H15ClO5S. The minimum Gasteiger partial charge on any atom is -0.497 e. The third-order valence-corrected chi connectivity index (χ3v) is 5.42. The van der Waals surface area contributed by atoms with Crippen molar-refractivity contribution < 1.29 is 23.8 Å². The Morgan fingerprint density at radius 1 is 1.08 bits per heavy atom. The van der Waals surface area contributed by atoms with Crippen LogP contribution in [0.4, 0.5) is 0 Å². The van der Waals surface area contributed by atoms with Crippen molar-refractivity contribution in [1.82, 2.24) is 0 Å². The van der Waals surface area contributed by atoms with E-state index in [1.54, 1.807) is 18.2 Å². The molecule has 0 atom stereocenters. The van der Waals surface area contributed by atoms with E-state index in [1.165, 1.54) is 25.6 Å². The van der Waals surface area contributed by atoms with Gasteiger partial charge in [-0.25, -0.2) is 4.79 Å². The first kappa shape index (κ1) is 18.2. The first-order valence-electron chi connectivity index (χ1n) is 7.64. The van der Waals surface area contributed by atoms with Gasteiger partial charge >= 0.3 is 5.97 Å². The van der Waals surface area contributed by atoms with Crippen molar-refractivity contribution in [2.45, 2.75) is 0 Å². The van der Waals surface area contributed by atoms with Crippen molar-refractivity contribution in [2.75, 3.05) is 20.8 Å². The molecule has 0 aliphatic carbocycles. The third kappa shape index (κ3) is 3.52. The van der Waals surface area contributed by atoms with Crippen LogP contribution in [0.5, 0.6) is 11.5 Å². The molecule has 7 heteroatoms. The van der Waals surface area contributed by atoms with Gasteiger partial charge in [-0.15, -0.1) is 11.3 Å². The molecule has 0 fully saturated rings. The summed E-state index contributed by atoms with van der Waals surface area (Å²) in [5.41, 5.74) is 0.280. The zero-order valence-electron chi connectivity index (χ0n) is 14.1. The Hall–Kier alpha value is -2.57. The first-order chi connectivity index (χ1) is 12.5. The highest BCUT2D eigenvalue weighted by Crippen LogP contribution is 2.35. The highest BCUT2D eigenvalue weighted by Gasteiger charge is 2.21. The van der Waals surface area contributed by atoms with Crippen LogP contribution in [0.25, 0.3) is 10.1 Å². The molecule has 0 saturated heterocycles. The van der Waals surface area contributed by atoms with Crippen LogP contribution in [0.1, 0.15) is 20.0 Å². The van der Waals surface area contributed by atoms with Gasteiger partial charge in [-0.3, -0.25) is 4.79 Å². The Bertz CT molecular complexity index is 979. The van der Waals surface area contributed by atoms with Crippen LogP contribution in [0, 0.1) is 0 Å². The number of benzene rings is 2. The lowest BCUT2D eigenvalue weighted by Gasteiger charge is -2.10. The summed E-state index contributed by atoms with van der Waals surface area (Å²) in [6.07, 6.45) is 0. The molecule has 3 rings (SSSR count). The number of carbonyl (C=O) groups excluding carboxylic acids is 2. The number of fused-ring (bicyclic) bond motifs is 1. The van der Waals surface area contributed by atoms with Gasteiger partial charge < -0.3 is 14.2 Å². The molecule has 0 spiro atoms. The van der Waals surface area contributed by atoms with E-state index in [0.29, 0.717) is 16.5 Å². The maximum Gasteiger partial charge on any atom is 0.350 e. The predicted molar refractivity (Wildman–Crippen MR) is 101 cm³/mol. The molecule has 5 nitrogen and oxygen atoms in total. The fraction of sp³-hybridized carbons (Fsp3) is 0.158. The molecule has 0 aliphatic heterocycles. The van der Waals surface area contributed by atoms with Crippen LogP contribution in [0.2, 0.25) is 5.02 Å². The van der Waals surface area contributed by atoms with Crippen molar-refractivity contribution in [3.8, 4) is 11.5 Å². The summed E-state index contributed by atoms with van der Waals surface area (Å²) in [5, 5.41) is 1.12. The fourth-order valence-corrected chi connectivity index (χ4v) is 3.85. The quantitative estimate of drug-likeness (QED) is 0.454. The van der Waals surface area contributed by atoms with Crippen LogP contribution in [-0.2, 0) is 4.74 Å². The number of esters is 1. The van der Waals surface area contributed by atoms with E-state index in [0.717, 1.165) is 10.1 Å². The van der Waals surface area contributed by atoms with Gasteiger partial charge in [0.1, 0.15) is 16.4 Å². The lowest BCUT2D eigenvalue weighted by Crippen LogP contribution is -2.14. The second kappa shape index (κ2) is 7.76. The number of methoxy groups -OCH3 is 2. The highest BCUT2D eigenvalue weighted by molar-refractivity contribution is 7.21. The number of hydrogen-bond donors (Lipinski definition) is 0. The van der Waals surface area contributed by atoms with Gasteiger partial charge in [0, 0.05) is 10.1 Å². The van der Waals surface area contributed by atoms with Crippen LogP contribution in [0.15, 0.2) is 42.5 Å². The molecular weight excluding hydrogens is 376 g/mol. The molecule has 0 amide bonds. The van der Waals surface area contributed by atoms with E-state index in [2.05, 4.69) is 0 Å². The number of halogens is 1. The van der Waals surface area contributed by atoms with Gasteiger partial charge in [0.2, 0.25) is 5.78 Å². The molecule has 0 saturated carbocycles. The van der Waals surface area contributed by atoms with Crippen LogP contribution < -0.4 is 9.47 Å². The van der Waals surface area contributed by atoms with Gasteiger partial charge in [-0.05, 0) is 24.3 Å². The number of ketones is 1. The van der Waals surface area contributed by atoms with Gasteiger partial charge in [-0.1, -0.05) is 29.8 Å². The Labute approximate surface area is 159 Å². The lowest BCUT2D eigenvalue weighted by atomic mass is 10.1. The summed E-state index contributed by atoms with van der Waals surface area (Å²) in [5.74, 6) is -0.141. The standard InChI is InChI=1S/C19H15ClO5S/c1-23-11-7-8-15(24-2)13(9-11)14(21)10-25-19(22)18-17(20)12-5-3-4-6-16(12)26-18/h3-9H,10H2,1-2H3. The van der Waals surface area contributed by atoms with Crippen molar-refractivity contribution in [3.05, 3.63) is 57.9 Å². The average Bonchev–Trinajstić information content (AvgIpc) is 3.02. The van der Waals surface area contributed by atoms with E-state index in [1.807, 2.05) is 24.3 Å². The Kier molecular flexibility index (Phi) is 5.44. The smallest absolute Gasteiger partial charge is 0.350 e. The zero-order valence-corrected chi connectivity index (χ0v) is 15.6.